The van der Waals surface area contributed by atoms with Crippen molar-refractivity contribution in [1.29, 1.82) is 0 Å². The Hall–Kier alpha value is -3.19. The number of hydrazone groups is 1. The van der Waals surface area contributed by atoms with Gasteiger partial charge in [-0.2, -0.15) is 5.10 Å². The fraction of sp³-hybridized carbons (Fsp3) is 0.150. The zero-order valence-corrected chi connectivity index (χ0v) is 15.9. The highest BCUT2D eigenvalue weighted by Gasteiger charge is 2.13. The number of carbonyl (C=O) groups excluding carboxylic acids is 1. The Labute approximate surface area is 161 Å². The molecule has 0 bridgehead atoms. The minimum atomic E-state index is -0.329. The maximum Gasteiger partial charge on any atom is 0.283 e. The second-order valence-electron chi connectivity index (χ2n) is 6.02. The second kappa shape index (κ2) is 8.46. The van der Waals surface area contributed by atoms with Gasteiger partial charge in [0.1, 0.15) is 17.2 Å². The van der Waals surface area contributed by atoms with Gasteiger partial charge in [0.15, 0.2) is 5.13 Å². The number of aryl methyl sites for hydroxylation is 2. The van der Waals surface area contributed by atoms with E-state index in [-0.39, 0.29) is 5.91 Å². The average Bonchev–Trinajstić information content (AvgIpc) is 2.99. The van der Waals surface area contributed by atoms with E-state index in [4.69, 9.17) is 10.5 Å². The fourth-order valence-corrected chi connectivity index (χ4v) is 3.22. The predicted molar refractivity (Wildman–Crippen MR) is 108 cm³/mol. The molecule has 0 atom stereocenters. The second-order valence-corrected chi connectivity index (χ2v) is 7.05. The average molecular weight is 380 g/mol. The molecule has 3 aromatic rings. The summed E-state index contributed by atoms with van der Waals surface area (Å²) < 4.78 is 5.83. The van der Waals surface area contributed by atoms with Crippen LogP contribution in [0.4, 0.5) is 5.13 Å². The van der Waals surface area contributed by atoms with Crippen molar-refractivity contribution in [3.8, 4) is 5.75 Å². The largest absolute Gasteiger partial charge is 0.489 e. The Morgan fingerprint density at radius 2 is 2.07 bits per heavy atom. The van der Waals surface area contributed by atoms with Gasteiger partial charge in [-0.05, 0) is 37.1 Å². The molecule has 3 rings (SSSR count). The number of rotatable bonds is 6. The van der Waals surface area contributed by atoms with Gasteiger partial charge >= 0.3 is 0 Å². The van der Waals surface area contributed by atoms with E-state index in [2.05, 4.69) is 34.6 Å². The maximum absolute atomic E-state index is 12.1. The molecular weight excluding hydrogens is 360 g/mol. The van der Waals surface area contributed by atoms with Crippen molar-refractivity contribution in [3.63, 3.8) is 0 Å². The van der Waals surface area contributed by atoms with Crippen molar-refractivity contribution in [2.24, 2.45) is 5.10 Å². The third-order valence-corrected chi connectivity index (χ3v) is 4.73. The summed E-state index contributed by atoms with van der Waals surface area (Å²) in [4.78, 5) is 16.6. The van der Waals surface area contributed by atoms with Crippen LogP contribution in [0.1, 0.15) is 32.1 Å². The van der Waals surface area contributed by atoms with Crippen LogP contribution in [0.2, 0.25) is 0 Å². The van der Waals surface area contributed by atoms with Gasteiger partial charge in [0.2, 0.25) is 0 Å². The maximum atomic E-state index is 12.1. The fourth-order valence-electron chi connectivity index (χ4n) is 2.50. The first-order chi connectivity index (χ1) is 13.0. The first-order valence-electron chi connectivity index (χ1n) is 8.36. The number of nitrogens with zero attached hydrogens (tertiary/aromatic N) is 2. The number of hydrogen-bond acceptors (Lipinski definition) is 6. The zero-order chi connectivity index (χ0) is 19.2. The van der Waals surface area contributed by atoms with Crippen LogP contribution in [0.5, 0.6) is 5.75 Å². The lowest BCUT2D eigenvalue weighted by Crippen LogP contribution is -2.17. The summed E-state index contributed by atoms with van der Waals surface area (Å²) >= 11 is 1.14. The van der Waals surface area contributed by atoms with Crippen molar-refractivity contribution in [3.05, 3.63) is 75.8 Å². The van der Waals surface area contributed by atoms with Gasteiger partial charge < -0.3 is 10.5 Å². The Bertz CT molecular complexity index is 982. The highest BCUT2D eigenvalue weighted by molar-refractivity contribution is 7.17. The summed E-state index contributed by atoms with van der Waals surface area (Å²) in [7, 11) is 0. The number of thiazole rings is 1. The van der Waals surface area contributed by atoms with Gasteiger partial charge in [-0.3, -0.25) is 4.79 Å². The van der Waals surface area contributed by atoms with Crippen molar-refractivity contribution in [1.82, 2.24) is 10.4 Å². The van der Waals surface area contributed by atoms with Crippen LogP contribution in [0.25, 0.3) is 0 Å². The lowest BCUT2D eigenvalue weighted by Gasteiger charge is -2.07. The van der Waals surface area contributed by atoms with E-state index in [0.29, 0.717) is 22.3 Å². The van der Waals surface area contributed by atoms with Crippen LogP contribution in [0.15, 0.2) is 53.6 Å². The van der Waals surface area contributed by atoms with E-state index in [1.165, 1.54) is 5.56 Å². The number of hydrogen-bond donors (Lipinski definition) is 2. The Kier molecular flexibility index (Phi) is 5.83. The number of nitrogens with two attached hydrogens (primary N) is 1. The monoisotopic (exact) mass is 380 g/mol. The molecule has 2 aromatic carbocycles. The molecule has 0 unspecified atom stereocenters. The number of aromatic nitrogens is 1. The molecule has 27 heavy (non-hydrogen) atoms. The van der Waals surface area contributed by atoms with Crippen LogP contribution in [-0.2, 0) is 6.61 Å². The van der Waals surface area contributed by atoms with Gasteiger partial charge in [0.25, 0.3) is 5.91 Å². The van der Waals surface area contributed by atoms with E-state index < -0.39 is 0 Å². The van der Waals surface area contributed by atoms with Crippen LogP contribution in [0.3, 0.4) is 0 Å². The van der Waals surface area contributed by atoms with Crippen molar-refractivity contribution in [2.75, 3.05) is 5.73 Å². The molecule has 1 heterocycles. The number of amides is 1. The minimum absolute atomic E-state index is 0.329. The van der Waals surface area contributed by atoms with Crippen LogP contribution < -0.4 is 15.9 Å². The molecule has 6 nitrogen and oxygen atoms in total. The van der Waals surface area contributed by atoms with E-state index >= 15 is 0 Å². The number of nitrogen functional groups attached to an aromatic ring is 1. The smallest absolute Gasteiger partial charge is 0.283 e. The number of ether oxygens (including phenoxy) is 1. The summed E-state index contributed by atoms with van der Waals surface area (Å²) in [5, 5.41) is 4.36. The summed E-state index contributed by atoms with van der Waals surface area (Å²) in [6.45, 7) is 4.28. The Morgan fingerprint density at radius 1 is 1.26 bits per heavy atom. The van der Waals surface area contributed by atoms with Crippen molar-refractivity contribution < 1.29 is 9.53 Å². The zero-order valence-electron chi connectivity index (χ0n) is 15.1. The lowest BCUT2D eigenvalue weighted by atomic mass is 10.1. The third kappa shape index (κ3) is 5.15. The van der Waals surface area contributed by atoms with Gasteiger partial charge in [-0.1, -0.05) is 53.3 Å². The van der Waals surface area contributed by atoms with Crippen molar-refractivity contribution >= 4 is 28.6 Å². The molecule has 0 saturated heterocycles. The van der Waals surface area contributed by atoms with Crippen LogP contribution >= 0.6 is 11.3 Å². The molecule has 138 valence electrons. The molecule has 0 aliphatic rings. The summed E-state index contributed by atoms with van der Waals surface area (Å²) in [5.41, 5.74) is 11.8. The quantitative estimate of drug-likeness (QED) is 0.504. The number of benzene rings is 2. The number of nitrogens with one attached hydrogen (secondary N) is 1. The highest BCUT2D eigenvalue weighted by Crippen LogP contribution is 2.19. The Balaban J connectivity index is 1.59. The van der Waals surface area contributed by atoms with Gasteiger partial charge in [-0.25, -0.2) is 10.4 Å². The molecule has 0 saturated carbocycles. The van der Waals surface area contributed by atoms with E-state index in [1.54, 1.807) is 13.1 Å². The number of anilines is 1. The third-order valence-electron chi connectivity index (χ3n) is 3.75. The first-order valence-corrected chi connectivity index (χ1v) is 9.17. The lowest BCUT2D eigenvalue weighted by molar-refractivity contribution is 0.0958. The van der Waals surface area contributed by atoms with Crippen molar-refractivity contribution in [2.45, 2.75) is 20.5 Å². The topological polar surface area (TPSA) is 89.6 Å². The van der Waals surface area contributed by atoms with E-state index in [0.717, 1.165) is 28.2 Å². The predicted octanol–water partition coefficient (Wildman–Crippen LogP) is 3.69. The standard InChI is InChI=1S/C20H20N4O2S/c1-13-5-3-7-16(9-13)12-26-17-8-4-6-15(10-17)11-22-24-19(25)18-14(2)23-20(21)27-18/h3-11H,12H2,1-2H3,(H2,21,23)(H,24,25)/b22-11+. The molecule has 0 radical (unpaired) electrons. The minimum Gasteiger partial charge on any atom is -0.489 e. The number of carbonyl (C=O) groups is 1. The van der Waals surface area contributed by atoms with E-state index in [9.17, 15) is 4.79 Å². The molecule has 0 aliphatic heterocycles. The Morgan fingerprint density at radius 3 is 2.81 bits per heavy atom. The molecule has 7 heteroatoms. The van der Waals surface area contributed by atoms with Crippen LogP contribution in [0, 0.1) is 13.8 Å². The first kappa shape index (κ1) is 18.6. The SMILES string of the molecule is Cc1cccc(COc2cccc(/C=N/NC(=O)c3sc(N)nc3C)c2)c1. The normalized spacial score (nSPS) is 10.9. The highest BCUT2D eigenvalue weighted by atomic mass is 32.1. The molecule has 0 fully saturated rings. The molecular formula is C20H20N4O2S. The van der Waals surface area contributed by atoms with Gasteiger partial charge in [-0.15, -0.1) is 0 Å². The molecule has 1 aromatic heterocycles. The molecule has 0 spiro atoms. The summed E-state index contributed by atoms with van der Waals surface area (Å²) in [6.07, 6.45) is 1.57. The van der Waals surface area contributed by atoms with Gasteiger partial charge in [0.05, 0.1) is 11.9 Å². The molecule has 0 aliphatic carbocycles. The van der Waals surface area contributed by atoms with E-state index in [1.807, 2.05) is 36.4 Å². The summed E-state index contributed by atoms with van der Waals surface area (Å²) in [5.74, 6) is 0.405. The van der Waals surface area contributed by atoms with Crippen LogP contribution in [-0.4, -0.2) is 17.1 Å². The molecule has 3 N–H and O–H groups in total. The molecule has 1 amide bonds. The van der Waals surface area contributed by atoms with Gasteiger partial charge in [0, 0.05) is 0 Å². The summed E-state index contributed by atoms with van der Waals surface area (Å²) in [6, 6.07) is 15.7.